The highest BCUT2D eigenvalue weighted by atomic mass is 19.1. The minimum Gasteiger partial charge on any atom is -0.396 e. The minimum absolute atomic E-state index is 0.0452. The van der Waals surface area contributed by atoms with Crippen molar-refractivity contribution < 1.29 is 9.50 Å². The number of aliphatic hydroxyl groups excluding tert-OH is 1. The van der Waals surface area contributed by atoms with Crippen LogP contribution in [-0.4, -0.2) is 11.7 Å². The van der Waals surface area contributed by atoms with E-state index in [9.17, 15) is 4.39 Å². The topological polar surface area (TPSA) is 20.2 Å². The second-order valence-corrected chi connectivity index (χ2v) is 1.59. The van der Waals surface area contributed by atoms with E-state index in [1.807, 2.05) is 6.92 Å². The summed E-state index contributed by atoms with van der Waals surface area (Å²) in [6.45, 7) is 1.91. The van der Waals surface area contributed by atoms with Crippen molar-refractivity contribution in [3.05, 3.63) is 11.9 Å². The third-order valence-corrected chi connectivity index (χ3v) is 1.04. The van der Waals surface area contributed by atoms with Gasteiger partial charge in [-0.05, 0) is 18.4 Å². The standard InChI is InChI=1S/C6H11FO/c1-2-6(5-7)3-4-8/h5,8H,2-4H2,1H3. The summed E-state index contributed by atoms with van der Waals surface area (Å²) < 4.78 is 11.6. The first-order chi connectivity index (χ1) is 3.85. The zero-order valence-electron chi connectivity index (χ0n) is 5.02. The highest BCUT2D eigenvalue weighted by Crippen LogP contribution is 2.04. The Balaban J connectivity index is 3.38. The predicted octanol–water partition coefficient (Wildman–Crippen LogP) is 1.63. The second-order valence-electron chi connectivity index (χ2n) is 1.59. The molecule has 0 atom stereocenters. The van der Waals surface area contributed by atoms with E-state index in [1.165, 1.54) is 0 Å². The van der Waals surface area contributed by atoms with Gasteiger partial charge < -0.3 is 5.11 Å². The fourth-order valence-corrected chi connectivity index (χ4v) is 0.452. The summed E-state index contributed by atoms with van der Waals surface area (Å²) >= 11 is 0. The normalized spacial score (nSPS) is 12.1. The maximum atomic E-state index is 11.6. The summed E-state index contributed by atoms with van der Waals surface area (Å²) in [4.78, 5) is 0. The molecule has 0 aromatic rings. The van der Waals surface area contributed by atoms with Gasteiger partial charge >= 0.3 is 0 Å². The Labute approximate surface area is 48.8 Å². The molecule has 1 nitrogen and oxygen atoms in total. The molecule has 0 aliphatic rings. The van der Waals surface area contributed by atoms with Gasteiger partial charge in [0.25, 0.3) is 0 Å². The third kappa shape index (κ3) is 2.75. The summed E-state index contributed by atoms with van der Waals surface area (Å²) in [6.07, 6.45) is 1.72. The molecule has 0 rings (SSSR count). The van der Waals surface area contributed by atoms with Crippen molar-refractivity contribution in [2.24, 2.45) is 0 Å². The van der Waals surface area contributed by atoms with Crippen LogP contribution < -0.4 is 0 Å². The van der Waals surface area contributed by atoms with Crippen LogP contribution in [0, 0.1) is 0 Å². The summed E-state index contributed by atoms with van der Waals surface area (Å²) in [7, 11) is 0. The van der Waals surface area contributed by atoms with E-state index in [1.54, 1.807) is 0 Å². The Bertz CT molecular complexity index is 78.6. The van der Waals surface area contributed by atoms with Gasteiger partial charge in [0.05, 0.1) is 6.33 Å². The van der Waals surface area contributed by atoms with E-state index < -0.39 is 0 Å². The fourth-order valence-electron chi connectivity index (χ4n) is 0.452. The van der Waals surface area contributed by atoms with Gasteiger partial charge in [0.1, 0.15) is 0 Å². The third-order valence-electron chi connectivity index (χ3n) is 1.04. The van der Waals surface area contributed by atoms with Crippen molar-refractivity contribution >= 4 is 0 Å². The molecule has 2 heteroatoms. The van der Waals surface area contributed by atoms with Gasteiger partial charge in [-0.3, -0.25) is 0 Å². The highest BCUT2D eigenvalue weighted by Gasteiger charge is 1.89. The number of aliphatic hydroxyl groups is 1. The minimum atomic E-state index is 0.0452. The Morgan fingerprint density at radius 2 is 2.38 bits per heavy atom. The lowest BCUT2D eigenvalue weighted by molar-refractivity contribution is 0.297. The lowest BCUT2D eigenvalue weighted by Gasteiger charge is -1.94. The molecule has 0 saturated carbocycles. The Kier molecular flexibility index (Phi) is 4.56. The summed E-state index contributed by atoms with van der Waals surface area (Å²) in [5.41, 5.74) is 0.674. The molecule has 8 heavy (non-hydrogen) atoms. The van der Waals surface area contributed by atoms with E-state index in [2.05, 4.69) is 0 Å². The van der Waals surface area contributed by atoms with E-state index >= 15 is 0 Å². The average molecular weight is 118 g/mol. The number of halogens is 1. The lowest BCUT2D eigenvalue weighted by Crippen LogP contribution is -1.85. The Hall–Kier alpha value is -0.370. The molecule has 0 aromatic heterocycles. The Morgan fingerprint density at radius 3 is 2.50 bits per heavy atom. The van der Waals surface area contributed by atoms with E-state index in [0.717, 1.165) is 0 Å². The van der Waals surface area contributed by atoms with Gasteiger partial charge in [-0.2, -0.15) is 0 Å². The van der Waals surface area contributed by atoms with Crippen LogP contribution in [0.25, 0.3) is 0 Å². The van der Waals surface area contributed by atoms with Crippen LogP contribution in [0.2, 0.25) is 0 Å². The number of hydrogen-bond donors (Lipinski definition) is 1. The van der Waals surface area contributed by atoms with Crippen molar-refractivity contribution in [3.63, 3.8) is 0 Å². The van der Waals surface area contributed by atoms with Crippen molar-refractivity contribution in [2.45, 2.75) is 19.8 Å². The van der Waals surface area contributed by atoms with E-state index in [0.29, 0.717) is 24.7 Å². The molecule has 0 saturated heterocycles. The fraction of sp³-hybridized carbons (Fsp3) is 0.667. The number of rotatable bonds is 3. The molecular weight excluding hydrogens is 107 g/mol. The van der Waals surface area contributed by atoms with Crippen LogP contribution in [0.5, 0.6) is 0 Å². The van der Waals surface area contributed by atoms with Crippen LogP contribution in [0.1, 0.15) is 19.8 Å². The molecule has 0 heterocycles. The van der Waals surface area contributed by atoms with Gasteiger partial charge in [-0.15, -0.1) is 0 Å². The monoisotopic (exact) mass is 118 g/mol. The maximum Gasteiger partial charge on any atom is 0.0859 e. The predicted molar refractivity (Wildman–Crippen MR) is 31.2 cm³/mol. The van der Waals surface area contributed by atoms with Gasteiger partial charge in [-0.1, -0.05) is 6.92 Å². The molecule has 0 bridgehead atoms. The molecule has 0 radical (unpaired) electrons. The molecule has 0 aliphatic carbocycles. The molecule has 0 spiro atoms. The van der Waals surface area contributed by atoms with E-state index in [-0.39, 0.29) is 6.61 Å². The first kappa shape index (κ1) is 7.63. The zero-order valence-corrected chi connectivity index (χ0v) is 5.02. The quantitative estimate of drug-likeness (QED) is 0.597. The Morgan fingerprint density at radius 1 is 1.75 bits per heavy atom. The molecular formula is C6H11FO. The van der Waals surface area contributed by atoms with E-state index in [4.69, 9.17) is 5.11 Å². The van der Waals surface area contributed by atoms with Crippen LogP contribution >= 0.6 is 0 Å². The van der Waals surface area contributed by atoms with Crippen molar-refractivity contribution in [3.8, 4) is 0 Å². The van der Waals surface area contributed by atoms with Crippen molar-refractivity contribution in [2.75, 3.05) is 6.61 Å². The van der Waals surface area contributed by atoms with Gasteiger partial charge in [0.2, 0.25) is 0 Å². The molecule has 48 valence electrons. The van der Waals surface area contributed by atoms with Gasteiger partial charge in [0.15, 0.2) is 0 Å². The summed E-state index contributed by atoms with van der Waals surface area (Å²) in [5, 5.41) is 8.29. The molecule has 0 fully saturated rings. The van der Waals surface area contributed by atoms with Crippen molar-refractivity contribution in [1.29, 1.82) is 0 Å². The van der Waals surface area contributed by atoms with Gasteiger partial charge in [-0.25, -0.2) is 4.39 Å². The first-order valence-corrected chi connectivity index (χ1v) is 2.74. The van der Waals surface area contributed by atoms with Crippen molar-refractivity contribution in [1.82, 2.24) is 0 Å². The largest absolute Gasteiger partial charge is 0.396 e. The average Bonchev–Trinajstić information content (AvgIpc) is 1.83. The maximum absolute atomic E-state index is 11.6. The molecule has 0 unspecified atom stereocenters. The second kappa shape index (κ2) is 4.78. The van der Waals surface area contributed by atoms with Crippen LogP contribution in [0.4, 0.5) is 4.39 Å². The highest BCUT2D eigenvalue weighted by molar-refractivity contribution is 4.95. The zero-order chi connectivity index (χ0) is 6.41. The smallest absolute Gasteiger partial charge is 0.0859 e. The molecule has 0 aliphatic heterocycles. The molecule has 1 N–H and O–H groups in total. The van der Waals surface area contributed by atoms with Crippen LogP contribution in [0.15, 0.2) is 11.9 Å². The summed E-state index contributed by atoms with van der Waals surface area (Å²) in [5.74, 6) is 0. The molecule has 0 amide bonds. The van der Waals surface area contributed by atoms with Gasteiger partial charge in [0, 0.05) is 6.61 Å². The lowest BCUT2D eigenvalue weighted by atomic mass is 10.2. The summed E-state index contributed by atoms with van der Waals surface area (Å²) in [6, 6.07) is 0. The van der Waals surface area contributed by atoms with Crippen LogP contribution in [-0.2, 0) is 0 Å². The first-order valence-electron chi connectivity index (χ1n) is 2.74. The number of hydrogen-bond acceptors (Lipinski definition) is 1. The van der Waals surface area contributed by atoms with Crippen LogP contribution in [0.3, 0.4) is 0 Å². The SMILES string of the molecule is CCC(=CF)CCO. The molecule has 0 aromatic carbocycles.